The van der Waals surface area contributed by atoms with Gasteiger partial charge in [-0.3, -0.25) is 9.69 Å². The molecule has 1 aliphatic heterocycles. The Hall–Kier alpha value is -0.670. The quantitative estimate of drug-likeness (QED) is 0.747. The van der Waals surface area contributed by atoms with Gasteiger partial charge in [0.05, 0.1) is 11.4 Å². The maximum Gasteiger partial charge on any atom is 0.186 e. The summed E-state index contributed by atoms with van der Waals surface area (Å²) in [4.78, 5) is 15.2. The smallest absolute Gasteiger partial charge is 0.186 e. The summed E-state index contributed by atoms with van der Waals surface area (Å²) in [5, 5.41) is 1.97. The Bertz CT molecular complexity index is 339. The van der Waals surface area contributed by atoms with Crippen molar-refractivity contribution in [1.29, 1.82) is 0 Å². The van der Waals surface area contributed by atoms with Crippen molar-refractivity contribution >= 4 is 17.1 Å². The fourth-order valence-corrected chi connectivity index (χ4v) is 3.22. The van der Waals surface area contributed by atoms with Gasteiger partial charge < -0.3 is 0 Å². The first-order chi connectivity index (χ1) is 8.29. The van der Waals surface area contributed by atoms with Gasteiger partial charge in [0.25, 0.3) is 0 Å². The number of rotatable bonds is 5. The standard InChI is InChI=1S/C14H21NOS/c1-2-4-12-6-8-15(9-7-12)11-13(16)14-5-3-10-17-14/h3,5,10,12H,2,4,6-9,11H2,1H3. The molecule has 3 heteroatoms. The molecule has 94 valence electrons. The molecule has 17 heavy (non-hydrogen) atoms. The summed E-state index contributed by atoms with van der Waals surface area (Å²) in [5.41, 5.74) is 0. The van der Waals surface area contributed by atoms with E-state index in [9.17, 15) is 4.79 Å². The van der Waals surface area contributed by atoms with Crippen molar-refractivity contribution in [3.05, 3.63) is 22.4 Å². The van der Waals surface area contributed by atoms with Gasteiger partial charge in [-0.15, -0.1) is 11.3 Å². The zero-order chi connectivity index (χ0) is 12.1. The third-order valence-electron chi connectivity index (χ3n) is 3.57. The summed E-state index contributed by atoms with van der Waals surface area (Å²) in [6.07, 6.45) is 5.18. The summed E-state index contributed by atoms with van der Waals surface area (Å²) in [7, 11) is 0. The van der Waals surface area contributed by atoms with Crippen molar-refractivity contribution in [2.75, 3.05) is 19.6 Å². The van der Waals surface area contributed by atoms with E-state index in [1.807, 2.05) is 17.5 Å². The van der Waals surface area contributed by atoms with Crippen molar-refractivity contribution in [1.82, 2.24) is 4.90 Å². The lowest BCUT2D eigenvalue weighted by atomic mass is 9.92. The second-order valence-corrected chi connectivity index (χ2v) is 5.86. The van der Waals surface area contributed by atoms with Crippen LogP contribution in [0, 0.1) is 5.92 Å². The molecule has 2 rings (SSSR count). The summed E-state index contributed by atoms with van der Waals surface area (Å²) in [6.45, 7) is 5.07. The highest BCUT2D eigenvalue weighted by Gasteiger charge is 2.20. The molecular formula is C14H21NOS. The highest BCUT2D eigenvalue weighted by Crippen LogP contribution is 2.22. The Balaban J connectivity index is 1.76. The SMILES string of the molecule is CCCC1CCN(CC(=O)c2cccs2)CC1. The van der Waals surface area contributed by atoms with Crippen LogP contribution in [0.3, 0.4) is 0 Å². The minimum atomic E-state index is 0.286. The molecule has 0 radical (unpaired) electrons. The van der Waals surface area contributed by atoms with Crippen molar-refractivity contribution in [3.8, 4) is 0 Å². The van der Waals surface area contributed by atoms with E-state index in [4.69, 9.17) is 0 Å². The Kier molecular flexibility index (Phi) is 4.75. The molecule has 0 aromatic carbocycles. The van der Waals surface area contributed by atoms with Gasteiger partial charge in [-0.25, -0.2) is 0 Å². The van der Waals surface area contributed by atoms with Crippen LogP contribution in [0.15, 0.2) is 17.5 Å². The van der Waals surface area contributed by atoms with E-state index >= 15 is 0 Å². The molecule has 0 aliphatic carbocycles. The van der Waals surface area contributed by atoms with Gasteiger partial charge in [0, 0.05) is 0 Å². The van der Waals surface area contributed by atoms with E-state index in [1.54, 1.807) is 11.3 Å². The van der Waals surface area contributed by atoms with Crippen molar-refractivity contribution < 1.29 is 4.79 Å². The van der Waals surface area contributed by atoms with Crippen LogP contribution in [-0.4, -0.2) is 30.3 Å². The molecule has 0 spiro atoms. The average Bonchev–Trinajstić information content (AvgIpc) is 2.86. The molecule has 2 nitrogen and oxygen atoms in total. The van der Waals surface area contributed by atoms with Crippen LogP contribution >= 0.6 is 11.3 Å². The van der Waals surface area contributed by atoms with Crippen LogP contribution in [0.4, 0.5) is 0 Å². The number of carbonyl (C=O) groups is 1. The van der Waals surface area contributed by atoms with Crippen LogP contribution in [0.1, 0.15) is 42.3 Å². The predicted molar refractivity (Wildman–Crippen MR) is 72.7 cm³/mol. The van der Waals surface area contributed by atoms with Gasteiger partial charge in [-0.1, -0.05) is 25.8 Å². The van der Waals surface area contributed by atoms with Gasteiger partial charge in [0.2, 0.25) is 0 Å². The molecule has 1 aromatic heterocycles. The first kappa shape index (κ1) is 12.8. The maximum absolute atomic E-state index is 11.9. The third-order valence-corrected chi connectivity index (χ3v) is 4.48. The highest BCUT2D eigenvalue weighted by molar-refractivity contribution is 7.12. The van der Waals surface area contributed by atoms with E-state index in [-0.39, 0.29) is 5.78 Å². The first-order valence-corrected chi connectivity index (χ1v) is 7.46. The molecule has 2 heterocycles. The summed E-state index contributed by atoms with van der Waals surface area (Å²) >= 11 is 1.55. The van der Waals surface area contributed by atoms with Gasteiger partial charge >= 0.3 is 0 Å². The molecular weight excluding hydrogens is 230 g/mol. The fourth-order valence-electron chi connectivity index (χ4n) is 2.56. The summed E-state index contributed by atoms with van der Waals surface area (Å²) < 4.78 is 0. The predicted octanol–water partition coefficient (Wildman–Crippen LogP) is 3.44. The van der Waals surface area contributed by atoms with Gasteiger partial charge in [-0.2, -0.15) is 0 Å². The van der Waals surface area contributed by atoms with E-state index in [0.717, 1.165) is 23.9 Å². The number of piperidine rings is 1. The number of hydrogen-bond acceptors (Lipinski definition) is 3. The minimum absolute atomic E-state index is 0.286. The van der Waals surface area contributed by atoms with Crippen LogP contribution in [0.2, 0.25) is 0 Å². The second kappa shape index (κ2) is 6.31. The van der Waals surface area contributed by atoms with Crippen LogP contribution < -0.4 is 0 Å². The molecule has 0 atom stereocenters. The molecule has 0 amide bonds. The molecule has 1 aliphatic rings. The lowest BCUT2D eigenvalue weighted by Crippen LogP contribution is -2.37. The van der Waals surface area contributed by atoms with Gasteiger partial charge in [-0.05, 0) is 43.3 Å². The van der Waals surface area contributed by atoms with Crippen molar-refractivity contribution in [2.45, 2.75) is 32.6 Å². The second-order valence-electron chi connectivity index (χ2n) is 4.91. The Morgan fingerprint density at radius 1 is 1.47 bits per heavy atom. The number of ketones is 1. The number of thiophene rings is 1. The monoisotopic (exact) mass is 251 g/mol. The summed E-state index contributed by atoms with van der Waals surface area (Å²) in [5.74, 6) is 1.18. The van der Waals surface area contributed by atoms with Crippen molar-refractivity contribution in [2.24, 2.45) is 5.92 Å². The third kappa shape index (κ3) is 3.65. The van der Waals surface area contributed by atoms with Crippen LogP contribution in [-0.2, 0) is 0 Å². The maximum atomic E-state index is 11.9. The van der Waals surface area contributed by atoms with E-state index in [0.29, 0.717) is 6.54 Å². The Morgan fingerprint density at radius 2 is 2.24 bits per heavy atom. The van der Waals surface area contributed by atoms with Crippen LogP contribution in [0.25, 0.3) is 0 Å². The lowest BCUT2D eigenvalue weighted by molar-refractivity contribution is 0.0897. The number of Topliss-reactive ketones (excluding diaryl/α,β-unsaturated/α-hetero) is 1. The number of nitrogens with zero attached hydrogens (tertiary/aromatic N) is 1. The largest absolute Gasteiger partial charge is 0.296 e. The number of likely N-dealkylation sites (tertiary alicyclic amines) is 1. The normalized spacial score (nSPS) is 18.4. The molecule has 1 aromatic rings. The zero-order valence-electron chi connectivity index (χ0n) is 10.5. The molecule has 0 N–H and O–H groups in total. The van der Waals surface area contributed by atoms with Gasteiger partial charge in [0.15, 0.2) is 5.78 Å². The minimum Gasteiger partial charge on any atom is -0.296 e. The van der Waals surface area contributed by atoms with E-state index < -0.39 is 0 Å². The molecule has 0 bridgehead atoms. The van der Waals surface area contributed by atoms with E-state index in [2.05, 4.69) is 11.8 Å². The fraction of sp³-hybridized carbons (Fsp3) is 0.643. The highest BCUT2D eigenvalue weighted by atomic mass is 32.1. The van der Waals surface area contributed by atoms with Gasteiger partial charge in [0.1, 0.15) is 0 Å². The van der Waals surface area contributed by atoms with Crippen molar-refractivity contribution in [3.63, 3.8) is 0 Å². The summed E-state index contributed by atoms with van der Waals surface area (Å²) in [6, 6.07) is 3.88. The molecule has 1 fully saturated rings. The Labute approximate surface area is 108 Å². The lowest BCUT2D eigenvalue weighted by Gasteiger charge is -2.31. The molecule has 0 unspecified atom stereocenters. The molecule has 1 saturated heterocycles. The average molecular weight is 251 g/mol. The van der Waals surface area contributed by atoms with E-state index in [1.165, 1.54) is 25.7 Å². The number of carbonyl (C=O) groups excluding carboxylic acids is 1. The topological polar surface area (TPSA) is 20.3 Å². The first-order valence-electron chi connectivity index (χ1n) is 6.58. The van der Waals surface area contributed by atoms with Crippen LogP contribution in [0.5, 0.6) is 0 Å². The molecule has 0 saturated carbocycles. The zero-order valence-corrected chi connectivity index (χ0v) is 11.3. The number of hydrogen-bond donors (Lipinski definition) is 0. The Morgan fingerprint density at radius 3 is 2.82 bits per heavy atom.